The second-order valence-corrected chi connectivity index (χ2v) is 3.76. The maximum atomic E-state index is 11.2. The molecule has 0 atom stereocenters. The van der Waals surface area contributed by atoms with E-state index in [2.05, 4.69) is 4.98 Å². The van der Waals surface area contributed by atoms with E-state index in [9.17, 15) is 4.79 Å². The van der Waals surface area contributed by atoms with Crippen LogP contribution in [0.1, 0.15) is 16.1 Å². The minimum Gasteiger partial charge on any atom is -0.497 e. The lowest BCUT2D eigenvalue weighted by atomic mass is 10.2. The molecule has 0 aliphatic carbocycles. The Bertz CT molecular complexity index is 675. The first kappa shape index (κ1) is 13.4. The number of hydrogen-bond donors (Lipinski definition) is 1. The molecule has 1 aromatic carbocycles. The van der Waals surface area contributed by atoms with Gasteiger partial charge in [-0.3, -0.25) is 0 Å². The molecule has 100 valence electrons. The summed E-state index contributed by atoms with van der Waals surface area (Å²) in [5.74, 6) is -0.185. The minimum absolute atomic E-state index is 0.0197. The fourth-order valence-corrected chi connectivity index (χ4v) is 1.53. The maximum absolute atomic E-state index is 11.2. The molecule has 2 rings (SSSR count). The Morgan fingerprint density at radius 1 is 1.30 bits per heavy atom. The highest BCUT2D eigenvalue weighted by molar-refractivity contribution is 5.91. The van der Waals surface area contributed by atoms with E-state index in [1.807, 2.05) is 6.07 Å². The van der Waals surface area contributed by atoms with Crippen LogP contribution in [0.2, 0.25) is 0 Å². The number of carbonyl (C=O) groups is 1. The van der Waals surface area contributed by atoms with Crippen LogP contribution in [0.4, 0.5) is 0 Å². The summed E-state index contributed by atoms with van der Waals surface area (Å²) in [5, 5.41) is 17.8. The second kappa shape index (κ2) is 5.71. The van der Waals surface area contributed by atoms with Gasteiger partial charge in [0.1, 0.15) is 34.6 Å². The van der Waals surface area contributed by atoms with E-state index in [1.54, 1.807) is 12.1 Å². The molecule has 0 amide bonds. The average molecular weight is 270 g/mol. The van der Waals surface area contributed by atoms with Crippen molar-refractivity contribution >= 4 is 5.97 Å². The van der Waals surface area contributed by atoms with Gasteiger partial charge in [-0.1, -0.05) is 0 Å². The van der Waals surface area contributed by atoms with Crippen molar-refractivity contribution in [1.82, 2.24) is 4.98 Å². The van der Waals surface area contributed by atoms with Gasteiger partial charge in [0.05, 0.1) is 13.3 Å². The highest BCUT2D eigenvalue weighted by Gasteiger charge is 2.13. The van der Waals surface area contributed by atoms with E-state index in [1.165, 1.54) is 31.5 Å². The summed E-state index contributed by atoms with van der Waals surface area (Å²) in [6, 6.07) is 9.38. The number of rotatable bonds is 4. The Hall–Kier alpha value is -3.07. The zero-order valence-electron chi connectivity index (χ0n) is 10.5. The van der Waals surface area contributed by atoms with Crippen molar-refractivity contribution in [3.8, 4) is 23.3 Å². The van der Waals surface area contributed by atoms with E-state index in [0.29, 0.717) is 11.5 Å². The van der Waals surface area contributed by atoms with Gasteiger partial charge in [0.2, 0.25) is 0 Å². The monoisotopic (exact) mass is 270 g/mol. The number of benzene rings is 1. The van der Waals surface area contributed by atoms with E-state index in [0.717, 1.165) is 0 Å². The highest BCUT2D eigenvalue weighted by atomic mass is 16.5. The fraction of sp³-hybridized carbons (Fsp3) is 0.0714. The van der Waals surface area contributed by atoms with E-state index in [4.69, 9.17) is 19.8 Å². The number of nitrogens with zero attached hydrogens (tertiary/aromatic N) is 2. The van der Waals surface area contributed by atoms with E-state index < -0.39 is 5.97 Å². The largest absolute Gasteiger partial charge is 0.497 e. The summed E-state index contributed by atoms with van der Waals surface area (Å²) in [6.45, 7) is 0. The quantitative estimate of drug-likeness (QED) is 0.917. The van der Waals surface area contributed by atoms with Crippen molar-refractivity contribution < 1.29 is 19.4 Å². The summed E-state index contributed by atoms with van der Waals surface area (Å²) in [7, 11) is 1.45. The number of carboxylic acid groups (broad SMARTS) is 1. The van der Waals surface area contributed by atoms with E-state index in [-0.39, 0.29) is 17.0 Å². The molecule has 0 fully saturated rings. The van der Waals surface area contributed by atoms with Crippen molar-refractivity contribution in [3.05, 3.63) is 47.8 Å². The van der Waals surface area contributed by atoms with Gasteiger partial charge < -0.3 is 14.6 Å². The average Bonchev–Trinajstić information content (AvgIpc) is 2.48. The first-order valence-corrected chi connectivity index (χ1v) is 5.59. The van der Waals surface area contributed by atoms with Crippen LogP contribution in [-0.4, -0.2) is 23.2 Å². The molecule has 1 aromatic heterocycles. The number of hydrogen-bond acceptors (Lipinski definition) is 5. The van der Waals surface area contributed by atoms with Crippen LogP contribution in [0, 0.1) is 11.3 Å². The molecule has 6 heteroatoms. The lowest BCUT2D eigenvalue weighted by Crippen LogP contribution is -2.01. The molecule has 0 aliphatic heterocycles. The van der Waals surface area contributed by atoms with Crippen molar-refractivity contribution in [2.45, 2.75) is 0 Å². The van der Waals surface area contributed by atoms with Crippen molar-refractivity contribution in [3.63, 3.8) is 0 Å². The second-order valence-electron chi connectivity index (χ2n) is 3.76. The number of aromatic nitrogens is 1. The summed E-state index contributed by atoms with van der Waals surface area (Å²) in [5.41, 5.74) is 0.235. The van der Waals surface area contributed by atoms with Crippen molar-refractivity contribution in [2.24, 2.45) is 0 Å². The Kier molecular flexibility index (Phi) is 3.82. The number of aromatic carboxylic acids is 1. The first-order chi connectivity index (χ1) is 9.63. The number of pyridine rings is 1. The summed E-state index contributed by atoms with van der Waals surface area (Å²) in [4.78, 5) is 15.0. The zero-order chi connectivity index (χ0) is 14.5. The van der Waals surface area contributed by atoms with Crippen LogP contribution < -0.4 is 9.47 Å². The number of nitriles is 1. The molecule has 20 heavy (non-hydrogen) atoms. The third kappa shape index (κ3) is 2.84. The molecule has 0 saturated carbocycles. The minimum atomic E-state index is -1.12. The van der Waals surface area contributed by atoms with Gasteiger partial charge in [-0.2, -0.15) is 5.26 Å². The van der Waals surface area contributed by atoms with Crippen LogP contribution in [-0.2, 0) is 0 Å². The van der Waals surface area contributed by atoms with E-state index >= 15 is 0 Å². The van der Waals surface area contributed by atoms with Crippen LogP contribution in [0.25, 0.3) is 0 Å². The van der Waals surface area contributed by atoms with Crippen LogP contribution >= 0.6 is 0 Å². The van der Waals surface area contributed by atoms with Gasteiger partial charge in [-0.05, 0) is 30.3 Å². The zero-order valence-corrected chi connectivity index (χ0v) is 10.5. The molecule has 0 bridgehead atoms. The van der Waals surface area contributed by atoms with Gasteiger partial charge in [0.25, 0.3) is 0 Å². The first-order valence-electron chi connectivity index (χ1n) is 5.59. The summed E-state index contributed by atoms with van der Waals surface area (Å²) >= 11 is 0. The van der Waals surface area contributed by atoms with Crippen molar-refractivity contribution in [2.75, 3.05) is 7.11 Å². The number of carboxylic acids is 1. The Morgan fingerprint density at radius 2 is 2.05 bits per heavy atom. The highest BCUT2D eigenvalue weighted by Crippen LogP contribution is 2.28. The number of methoxy groups -OCH3 is 1. The van der Waals surface area contributed by atoms with Gasteiger partial charge in [0.15, 0.2) is 0 Å². The molecular weight excluding hydrogens is 260 g/mol. The third-order valence-electron chi connectivity index (χ3n) is 2.50. The molecule has 0 radical (unpaired) electrons. The smallest absolute Gasteiger partial charge is 0.339 e. The van der Waals surface area contributed by atoms with Crippen LogP contribution in [0.3, 0.4) is 0 Å². The predicted molar refractivity (Wildman–Crippen MR) is 69.0 cm³/mol. The maximum Gasteiger partial charge on any atom is 0.339 e. The number of ether oxygens (including phenoxy) is 2. The van der Waals surface area contributed by atoms with Gasteiger partial charge in [-0.25, -0.2) is 9.78 Å². The lowest BCUT2D eigenvalue weighted by Gasteiger charge is -2.09. The predicted octanol–water partition coefficient (Wildman–Crippen LogP) is 2.45. The Labute approximate surface area is 114 Å². The summed E-state index contributed by atoms with van der Waals surface area (Å²) < 4.78 is 10.4. The molecule has 1 N–H and O–H groups in total. The SMILES string of the molecule is COc1ccc(Oc2ccc(C#N)nc2)c(C(=O)O)c1. The fourth-order valence-electron chi connectivity index (χ4n) is 1.53. The molecule has 0 unspecified atom stereocenters. The Balaban J connectivity index is 2.32. The van der Waals surface area contributed by atoms with Crippen LogP contribution in [0.5, 0.6) is 17.2 Å². The normalized spacial score (nSPS) is 9.60. The molecule has 2 aromatic rings. The standard InChI is InChI=1S/C14H10N2O4/c1-19-10-4-5-13(12(6-10)14(17)18)20-11-3-2-9(7-15)16-8-11/h2-6,8H,1H3,(H,17,18). The molecular formula is C14H10N2O4. The Morgan fingerprint density at radius 3 is 2.60 bits per heavy atom. The third-order valence-corrected chi connectivity index (χ3v) is 2.50. The van der Waals surface area contributed by atoms with Crippen LogP contribution in [0.15, 0.2) is 36.5 Å². The van der Waals surface area contributed by atoms with Gasteiger partial charge in [0, 0.05) is 0 Å². The van der Waals surface area contributed by atoms with Crippen molar-refractivity contribution in [1.29, 1.82) is 5.26 Å². The van der Waals surface area contributed by atoms with Gasteiger partial charge >= 0.3 is 5.97 Å². The molecule has 1 heterocycles. The molecule has 0 aliphatic rings. The summed E-state index contributed by atoms with van der Waals surface area (Å²) in [6.07, 6.45) is 1.36. The molecule has 6 nitrogen and oxygen atoms in total. The lowest BCUT2D eigenvalue weighted by molar-refractivity contribution is 0.0693. The topological polar surface area (TPSA) is 92.4 Å². The molecule has 0 saturated heterocycles. The van der Waals surface area contributed by atoms with Gasteiger partial charge in [-0.15, -0.1) is 0 Å². The molecule has 0 spiro atoms.